The summed E-state index contributed by atoms with van der Waals surface area (Å²) in [6.07, 6.45) is 6.23. The molecule has 0 atom stereocenters. The van der Waals surface area contributed by atoms with Gasteiger partial charge in [0.15, 0.2) is 0 Å². The lowest BCUT2D eigenvalue weighted by Crippen LogP contribution is -2.40. The molecule has 0 unspecified atom stereocenters. The van der Waals surface area contributed by atoms with Crippen LogP contribution in [0.25, 0.3) is 0 Å². The Balaban J connectivity index is 2.49. The van der Waals surface area contributed by atoms with Gasteiger partial charge in [-0.2, -0.15) is 0 Å². The molecule has 1 aliphatic carbocycles. The van der Waals surface area contributed by atoms with Crippen molar-refractivity contribution in [2.75, 3.05) is 26.2 Å². The molecule has 6 heteroatoms. The van der Waals surface area contributed by atoms with E-state index in [4.69, 9.17) is 4.74 Å². The second kappa shape index (κ2) is 11.0. The highest BCUT2D eigenvalue weighted by Crippen LogP contribution is 2.25. The van der Waals surface area contributed by atoms with Crippen molar-refractivity contribution in [3.63, 3.8) is 0 Å². The molecule has 0 heterocycles. The van der Waals surface area contributed by atoms with Gasteiger partial charge < -0.3 is 15.0 Å². The lowest BCUT2D eigenvalue weighted by molar-refractivity contribution is -0.144. The summed E-state index contributed by atoms with van der Waals surface area (Å²) in [7, 11) is 0. The summed E-state index contributed by atoms with van der Waals surface area (Å²) in [6, 6.07) is 0. The van der Waals surface area contributed by atoms with E-state index in [9.17, 15) is 14.4 Å². The normalized spacial score (nSPS) is 15.0. The summed E-state index contributed by atoms with van der Waals surface area (Å²) in [6.45, 7) is 5.12. The van der Waals surface area contributed by atoms with E-state index in [-0.39, 0.29) is 30.1 Å². The number of esters is 1. The Labute approximate surface area is 138 Å². The molecule has 0 aromatic carbocycles. The maximum absolute atomic E-state index is 12.7. The first-order valence-electron chi connectivity index (χ1n) is 8.73. The van der Waals surface area contributed by atoms with Crippen molar-refractivity contribution < 1.29 is 19.1 Å². The number of nitrogens with one attached hydrogen (secondary N) is 1. The van der Waals surface area contributed by atoms with Crippen molar-refractivity contribution in [2.24, 2.45) is 5.92 Å². The van der Waals surface area contributed by atoms with Gasteiger partial charge in [0.1, 0.15) is 0 Å². The number of nitrogens with zero attached hydrogens (tertiary/aromatic N) is 1. The highest BCUT2D eigenvalue weighted by molar-refractivity contribution is 5.79. The van der Waals surface area contributed by atoms with Gasteiger partial charge in [-0.3, -0.25) is 14.4 Å². The molecule has 0 aromatic rings. The average molecular weight is 326 g/mol. The molecule has 23 heavy (non-hydrogen) atoms. The highest BCUT2D eigenvalue weighted by atomic mass is 16.5. The zero-order valence-electron chi connectivity index (χ0n) is 14.4. The lowest BCUT2D eigenvalue weighted by Gasteiger charge is -2.29. The van der Waals surface area contributed by atoms with Crippen LogP contribution in [0, 0.1) is 5.92 Å². The maximum Gasteiger partial charge on any atom is 0.307 e. The molecule has 0 aromatic heterocycles. The summed E-state index contributed by atoms with van der Waals surface area (Å²) in [5, 5.41) is 2.74. The second-order valence-electron chi connectivity index (χ2n) is 6.05. The monoisotopic (exact) mass is 326 g/mol. The number of rotatable bonds is 9. The Hall–Kier alpha value is -1.59. The SMILES string of the molecule is CCOC(=O)CCN(CCCNC(C)=O)C(=O)C1CCCCC1. The predicted molar refractivity (Wildman–Crippen MR) is 87.7 cm³/mol. The largest absolute Gasteiger partial charge is 0.466 e. The van der Waals surface area contributed by atoms with Gasteiger partial charge in [0.25, 0.3) is 0 Å². The number of amides is 2. The van der Waals surface area contributed by atoms with E-state index < -0.39 is 0 Å². The zero-order valence-corrected chi connectivity index (χ0v) is 14.4. The standard InChI is InChI=1S/C17H30N2O4/c1-3-23-16(21)10-13-19(12-7-11-18-14(2)20)17(22)15-8-5-4-6-9-15/h15H,3-13H2,1-2H3,(H,18,20). The molecule has 1 rings (SSSR count). The summed E-state index contributed by atoms with van der Waals surface area (Å²) >= 11 is 0. The number of hydrogen-bond donors (Lipinski definition) is 1. The minimum Gasteiger partial charge on any atom is -0.466 e. The van der Waals surface area contributed by atoms with Crippen molar-refractivity contribution in [1.29, 1.82) is 0 Å². The summed E-state index contributed by atoms with van der Waals surface area (Å²) < 4.78 is 4.94. The molecule has 6 nitrogen and oxygen atoms in total. The highest BCUT2D eigenvalue weighted by Gasteiger charge is 2.26. The van der Waals surface area contributed by atoms with Gasteiger partial charge in [0, 0.05) is 32.5 Å². The zero-order chi connectivity index (χ0) is 17.1. The molecule has 132 valence electrons. The van der Waals surface area contributed by atoms with Gasteiger partial charge in [-0.25, -0.2) is 0 Å². The fourth-order valence-corrected chi connectivity index (χ4v) is 2.93. The van der Waals surface area contributed by atoms with Crippen molar-refractivity contribution in [3.05, 3.63) is 0 Å². The van der Waals surface area contributed by atoms with Crippen LogP contribution in [-0.2, 0) is 19.1 Å². The molecular formula is C17H30N2O4. The number of ether oxygens (including phenoxy) is 1. The van der Waals surface area contributed by atoms with Crippen LogP contribution in [0.2, 0.25) is 0 Å². The molecular weight excluding hydrogens is 296 g/mol. The van der Waals surface area contributed by atoms with Crippen LogP contribution in [0.3, 0.4) is 0 Å². The van der Waals surface area contributed by atoms with Crippen LogP contribution in [0.4, 0.5) is 0 Å². The van der Waals surface area contributed by atoms with E-state index in [1.165, 1.54) is 13.3 Å². The second-order valence-corrected chi connectivity index (χ2v) is 6.05. The quantitative estimate of drug-likeness (QED) is 0.518. The van der Waals surface area contributed by atoms with Gasteiger partial charge in [-0.15, -0.1) is 0 Å². The predicted octanol–water partition coefficient (Wildman–Crippen LogP) is 1.87. The smallest absolute Gasteiger partial charge is 0.307 e. The minimum atomic E-state index is -0.268. The van der Waals surface area contributed by atoms with Crippen LogP contribution in [-0.4, -0.2) is 48.9 Å². The van der Waals surface area contributed by atoms with Gasteiger partial charge in [-0.05, 0) is 26.2 Å². The topological polar surface area (TPSA) is 75.7 Å². The first-order chi connectivity index (χ1) is 11.0. The van der Waals surface area contributed by atoms with E-state index in [1.807, 2.05) is 0 Å². The molecule has 0 saturated heterocycles. The number of carbonyl (C=O) groups is 3. The third-order valence-corrected chi connectivity index (χ3v) is 4.14. The van der Waals surface area contributed by atoms with Crippen LogP contribution < -0.4 is 5.32 Å². The molecule has 0 radical (unpaired) electrons. The molecule has 1 N–H and O–H groups in total. The van der Waals surface area contributed by atoms with E-state index in [2.05, 4.69) is 5.32 Å². The van der Waals surface area contributed by atoms with Crippen molar-refractivity contribution in [2.45, 2.75) is 58.8 Å². The fourth-order valence-electron chi connectivity index (χ4n) is 2.93. The molecule has 0 spiro atoms. The molecule has 1 aliphatic rings. The first-order valence-corrected chi connectivity index (χ1v) is 8.73. The molecule has 1 fully saturated rings. The van der Waals surface area contributed by atoms with Crippen LogP contribution in [0.5, 0.6) is 0 Å². The van der Waals surface area contributed by atoms with Crippen molar-refractivity contribution in [3.8, 4) is 0 Å². The van der Waals surface area contributed by atoms with Crippen molar-refractivity contribution >= 4 is 17.8 Å². The number of carbonyl (C=O) groups excluding carboxylic acids is 3. The van der Waals surface area contributed by atoms with Crippen LogP contribution >= 0.6 is 0 Å². The van der Waals surface area contributed by atoms with E-state index in [1.54, 1.807) is 11.8 Å². The van der Waals surface area contributed by atoms with E-state index >= 15 is 0 Å². The molecule has 0 bridgehead atoms. The first kappa shape index (κ1) is 19.5. The Bertz CT molecular complexity index is 392. The van der Waals surface area contributed by atoms with E-state index in [0.717, 1.165) is 25.7 Å². The Kier molecular flexibility index (Phi) is 9.33. The third kappa shape index (κ3) is 8.00. The lowest BCUT2D eigenvalue weighted by atomic mass is 9.88. The third-order valence-electron chi connectivity index (χ3n) is 4.14. The molecule has 1 saturated carbocycles. The van der Waals surface area contributed by atoms with Gasteiger partial charge in [0.05, 0.1) is 13.0 Å². The van der Waals surface area contributed by atoms with Gasteiger partial charge in [-0.1, -0.05) is 19.3 Å². The van der Waals surface area contributed by atoms with E-state index in [0.29, 0.717) is 32.7 Å². The van der Waals surface area contributed by atoms with Gasteiger partial charge >= 0.3 is 5.97 Å². The molecule has 2 amide bonds. The number of hydrogen-bond acceptors (Lipinski definition) is 4. The summed E-state index contributed by atoms with van der Waals surface area (Å²) in [5.74, 6) is -0.0963. The van der Waals surface area contributed by atoms with Gasteiger partial charge in [0.2, 0.25) is 11.8 Å². The Morgan fingerprint density at radius 2 is 1.83 bits per heavy atom. The summed E-state index contributed by atoms with van der Waals surface area (Å²) in [5.41, 5.74) is 0. The van der Waals surface area contributed by atoms with Crippen molar-refractivity contribution in [1.82, 2.24) is 10.2 Å². The molecule has 0 aliphatic heterocycles. The minimum absolute atomic E-state index is 0.0679. The maximum atomic E-state index is 12.7. The Morgan fingerprint density at radius 3 is 2.43 bits per heavy atom. The average Bonchev–Trinajstić information content (AvgIpc) is 2.54. The van der Waals surface area contributed by atoms with Crippen LogP contribution in [0.1, 0.15) is 58.8 Å². The Morgan fingerprint density at radius 1 is 1.13 bits per heavy atom. The fraction of sp³-hybridized carbons (Fsp3) is 0.824. The van der Waals surface area contributed by atoms with Crippen LogP contribution in [0.15, 0.2) is 0 Å². The summed E-state index contributed by atoms with van der Waals surface area (Å²) in [4.78, 5) is 36.9.